The Morgan fingerprint density at radius 1 is 1.12 bits per heavy atom. The van der Waals surface area contributed by atoms with Crippen LogP contribution in [0, 0.1) is 13.8 Å². The van der Waals surface area contributed by atoms with Crippen LogP contribution in [0.4, 0.5) is 5.69 Å². The molecule has 1 heterocycles. The van der Waals surface area contributed by atoms with Crippen LogP contribution in [0.3, 0.4) is 0 Å². The molecule has 2 rings (SSSR count). The fourth-order valence-electron chi connectivity index (χ4n) is 2.00. The number of hydrogen-bond acceptors (Lipinski definition) is 4. The summed E-state index contributed by atoms with van der Waals surface area (Å²) in [6.45, 7) is 4.79. The molecule has 0 saturated carbocycles. The maximum Gasteiger partial charge on any atom is 0.342 e. The summed E-state index contributed by atoms with van der Waals surface area (Å²) in [6, 6.07) is 4.44. The largest absolute Gasteiger partial charge is 0.466 e. The fraction of sp³-hybridized carbons (Fsp3) is 0.250. The zero-order valence-corrected chi connectivity index (χ0v) is 15.3. The SMILES string of the molecule is Cc1cc(C(=O)O[C@@H](C)C(=O)Nc2c(Cl)cc(Cl)cc2Cl)c(C)o1. The summed E-state index contributed by atoms with van der Waals surface area (Å²) in [6.07, 6.45) is -1.06. The monoisotopic (exact) mass is 389 g/mol. The zero-order valence-electron chi connectivity index (χ0n) is 13.1. The zero-order chi connectivity index (χ0) is 18.0. The summed E-state index contributed by atoms with van der Waals surface area (Å²) < 4.78 is 10.4. The van der Waals surface area contributed by atoms with E-state index in [1.807, 2.05) is 0 Å². The van der Waals surface area contributed by atoms with E-state index in [0.717, 1.165) is 0 Å². The van der Waals surface area contributed by atoms with Gasteiger partial charge >= 0.3 is 5.97 Å². The van der Waals surface area contributed by atoms with Crippen molar-refractivity contribution < 1.29 is 18.7 Å². The number of rotatable bonds is 4. The van der Waals surface area contributed by atoms with E-state index < -0.39 is 18.0 Å². The van der Waals surface area contributed by atoms with Crippen LogP contribution < -0.4 is 5.32 Å². The summed E-state index contributed by atoms with van der Waals surface area (Å²) in [5.41, 5.74) is 0.473. The quantitative estimate of drug-likeness (QED) is 0.743. The van der Waals surface area contributed by atoms with E-state index in [1.165, 1.54) is 19.1 Å². The van der Waals surface area contributed by atoms with E-state index in [-0.39, 0.29) is 21.3 Å². The Morgan fingerprint density at radius 3 is 2.21 bits per heavy atom. The van der Waals surface area contributed by atoms with E-state index in [1.54, 1.807) is 19.9 Å². The van der Waals surface area contributed by atoms with Gasteiger partial charge in [-0.05, 0) is 39.0 Å². The Bertz CT molecular complexity index is 778. The number of amides is 1. The van der Waals surface area contributed by atoms with E-state index in [2.05, 4.69) is 5.32 Å². The third-order valence-corrected chi connectivity index (χ3v) is 3.98. The molecule has 0 aliphatic heterocycles. The average molecular weight is 391 g/mol. The molecule has 128 valence electrons. The molecule has 0 fully saturated rings. The Kier molecular flexibility index (Phi) is 5.80. The van der Waals surface area contributed by atoms with E-state index in [0.29, 0.717) is 16.5 Å². The first-order chi connectivity index (χ1) is 11.2. The van der Waals surface area contributed by atoms with Crippen molar-refractivity contribution in [3.05, 3.63) is 50.4 Å². The van der Waals surface area contributed by atoms with Crippen LogP contribution in [0.25, 0.3) is 0 Å². The summed E-state index contributed by atoms with van der Waals surface area (Å²) in [4.78, 5) is 24.3. The number of benzene rings is 1. The topological polar surface area (TPSA) is 68.5 Å². The van der Waals surface area contributed by atoms with Crippen LogP contribution in [-0.4, -0.2) is 18.0 Å². The minimum absolute atomic E-state index is 0.181. The summed E-state index contributed by atoms with van der Waals surface area (Å²) >= 11 is 17.8. The Balaban J connectivity index is 2.08. The number of halogens is 3. The summed E-state index contributed by atoms with van der Waals surface area (Å²) in [5, 5.41) is 3.22. The predicted octanol–water partition coefficient (Wildman–Crippen LogP) is 5.04. The van der Waals surface area contributed by atoms with Crippen LogP contribution >= 0.6 is 34.8 Å². The number of carbonyl (C=O) groups is 2. The van der Waals surface area contributed by atoms with Gasteiger partial charge in [-0.3, -0.25) is 4.79 Å². The fourth-order valence-corrected chi connectivity index (χ4v) is 2.91. The molecule has 8 heteroatoms. The highest BCUT2D eigenvalue weighted by molar-refractivity contribution is 6.42. The molecule has 1 amide bonds. The summed E-state index contributed by atoms with van der Waals surface area (Å²) in [7, 11) is 0. The molecule has 0 aliphatic carbocycles. The molecule has 0 bridgehead atoms. The molecular weight excluding hydrogens is 377 g/mol. The third kappa shape index (κ3) is 4.23. The molecule has 24 heavy (non-hydrogen) atoms. The van der Waals surface area contributed by atoms with Crippen molar-refractivity contribution in [3.63, 3.8) is 0 Å². The van der Waals surface area contributed by atoms with E-state index in [9.17, 15) is 9.59 Å². The van der Waals surface area contributed by atoms with E-state index >= 15 is 0 Å². The second-order valence-electron chi connectivity index (χ2n) is 5.11. The number of aryl methyl sites for hydroxylation is 2. The molecule has 2 aromatic rings. The van der Waals surface area contributed by atoms with Gasteiger partial charge in [0.05, 0.1) is 15.7 Å². The first kappa shape index (κ1) is 18.6. The molecule has 1 atom stereocenters. The lowest BCUT2D eigenvalue weighted by atomic mass is 10.2. The van der Waals surface area contributed by atoms with Gasteiger partial charge in [0, 0.05) is 5.02 Å². The van der Waals surface area contributed by atoms with Gasteiger partial charge in [0.25, 0.3) is 5.91 Å². The van der Waals surface area contributed by atoms with Gasteiger partial charge in [-0.1, -0.05) is 34.8 Å². The lowest BCUT2D eigenvalue weighted by Crippen LogP contribution is -2.30. The number of anilines is 1. The highest BCUT2D eigenvalue weighted by Gasteiger charge is 2.23. The maximum atomic E-state index is 12.2. The Labute approximate surface area is 153 Å². The lowest BCUT2D eigenvalue weighted by Gasteiger charge is -2.15. The third-order valence-electron chi connectivity index (χ3n) is 3.17. The number of esters is 1. The number of ether oxygens (including phenoxy) is 1. The first-order valence-corrected chi connectivity index (χ1v) is 8.06. The highest BCUT2D eigenvalue weighted by atomic mass is 35.5. The molecule has 5 nitrogen and oxygen atoms in total. The number of furan rings is 1. The minimum Gasteiger partial charge on any atom is -0.466 e. The van der Waals surface area contributed by atoms with Gasteiger partial charge in [-0.25, -0.2) is 4.79 Å². The molecule has 1 N–H and O–H groups in total. The number of carbonyl (C=O) groups excluding carboxylic acids is 2. The molecule has 1 aromatic carbocycles. The first-order valence-electron chi connectivity index (χ1n) is 6.92. The van der Waals surface area contributed by atoms with Gasteiger partial charge in [0.1, 0.15) is 17.1 Å². The molecule has 1 aromatic heterocycles. The van der Waals surface area contributed by atoms with Crippen LogP contribution in [0.15, 0.2) is 22.6 Å². The van der Waals surface area contributed by atoms with Crippen molar-refractivity contribution >= 4 is 52.4 Å². The van der Waals surface area contributed by atoms with E-state index in [4.69, 9.17) is 44.0 Å². The van der Waals surface area contributed by atoms with Crippen LogP contribution in [0.2, 0.25) is 15.1 Å². The number of nitrogens with one attached hydrogen (secondary N) is 1. The molecule has 0 spiro atoms. The van der Waals surface area contributed by atoms with Gasteiger partial charge in [0.2, 0.25) is 0 Å². The molecule has 0 radical (unpaired) electrons. The smallest absolute Gasteiger partial charge is 0.342 e. The van der Waals surface area contributed by atoms with Crippen molar-refractivity contribution in [3.8, 4) is 0 Å². The van der Waals surface area contributed by atoms with Crippen LogP contribution in [0.5, 0.6) is 0 Å². The highest BCUT2D eigenvalue weighted by Crippen LogP contribution is 2.33. The van der Waals surface area contributed by atoms with Gasteiger partial charge < -0.3 is 14.5 Å². The van der Waals surface area contributed by atoms with Gasteiger partial charge in [0.15, 0.2) is 6.10 Å². The van der Waals surface area contributed by atoms with Crippen molar-refractivity contribution in [1.29, 1.82) is 0 Å². The second-order valence-corrected chi connectivity index (χ2v) is 6.36. The van der Waals surface area contributed by atoms with Gasteiger partial charge in [-0.15, -0.1) is 0 Å². The lowest BCUT2D eigenvalue weighted by molar-refractivity contribution is -0.123. The van der Waals surface area contributed by atoms with Crippen molar-refractivity contribution in [2.45, 2.75) is 26.9 Å². The Hall–Kier alpha value is -1.69. The van der Waals surface area contributed by atoms with Crippen LogP contribution in [-0.2, 0) is 9.53 Å². The number of hydrogen-bond donors (Lipinski definition) is 1. The average Bonchev–Trinajstić information content (AvgIpc) is 2.81. The normalized spacial score (nSPS) is 11.9. The van der Waals surface area contributed by atoms with Crippen molar-refractivity contribution in [2.75, 3.05) is 5.32 Å². The maximum absolute atomic E-state index is 12.2. The molecule has 0 saturated heterocycles. The van der Waals surface area contributed by atoms with Gasteiger partial charge in [-0.2, -0.15) is 0 Å². The minimum atomic E-state index is -1.06. The second kappa shape index (κ2) is 7.47. The molecule has 0 unspecified atom stereocenters. The predicted molar refractivity (Wildman–Crippen MR) is 93.2 cm³/mol. The standard InChI is InChI=1S/C16H14Cl3NO4/c1-7-4-11(8(2)23-7)16(22)24-9(3)15(21)20-14-12(18)5-10(17)6-13(14)19/h4-6,9H,1-3H3,(H,20,21)/t9-/m0/s1. The Morgan fingerprint density at radius 2 is 1.71 bits per heavy atom. The van der Waals surface area contributed by atoms with Crippen molar-refractivity contribution in [1.82, 2.24) is 0 Å². The van der Waals surface area contributed by atoms with Crippen LogP contribution in [0.1, 0.15) is 28.8 Å². The summed E-state index contributed by atoms with van der Waals surface area (Å²) in [5.74, 6) is -0.224. The molecule has 0 aliphatic rings. The molecular formula is C16H14Cl3NO4. The van der Waals surface area contributed by atoms with Crippen molar-refractivity contribution in [2.24, 2.45) is 0 Å².